The molecule has 0 bridgehead atoms. The second-order valence-corrected chi connectivity index (χ2v) is 4.97. The minimum atomic E-state index is -0.558. The minimum Gasteiger partial charge on any atom is -0.366 e. The predicted octanol–water partition coefficient (Wildman–Crippen LogP) is 0.843. The maximum absolute atomic E-state index is 12.2. The van der Waals surface area contributed by atoms with E-state index in [1.165, 1.54) is 6.20 Å². The quantitative estimate of drug-likeness (QED) is 0.757. The van der Waals surface area contributed by atoms with Crippen LogP contribution < -0.4 is 11.3 Å². The smallest absolute Gasteiger partial charge is 0.284 e. The van der Waals surface area contributed by atoms with Crippen molar-refractivity contribution in [3.63, 3.8) is 0 Å². The highest BCUT2D eigenvalue weighted by molar-refractivity contribution is 5.99. The van der Waals surface area contributed by atoms with Crippen molar-refractivity contribution in [2.45, 2.75) is 6.54 Å². The number of rotatable bonds is 2. The molecule has 1 aromatic carbocycles. The fourth-order valence-electron chi connectivity index (χ4n) is 2.73. The van der Waals surface area contributed by atoms with E-state index in [4.69, 9.17) is 5.73 Å². The molecular weight excluding hydrogens is 282 g/mol. The standard InChI is InChI=1S/C15H11N5O2/c16-12(21)9-4-1-2-5-10(9)13-18-14(22)11-8-17-20-7-3-6-19(13)15(11)20/h1-5,7-8H,6H2,(H2,16,21). The third-order valence-electron chi connectivity index (χ3n) is 3.69. The van der Waals surface area contributed by atoms with E-state index >= 15 is 0 Å². The maximum atomic E-state index is 12.2. The molecule has 7 heteroatoms. The predicted molar refractivity (Wildman–Crippen MR) is 81.1 cm³/mol. The van der Waals surface area contributed by atoms with Crippen molar-refractivity contribution in [3.8, 4) is 11.4 Å². The summed E-state index contributed by atoms with van der Waals surface area (Å²) in [5.41, 5.74) is 6.59. The van der Waals surface area contributed by atoms with E-state index in [1.807, 2.05) is 10.6 Å². The Morgan fingerprint density at radius 1 is 1.27 bits per heavy atom. The van der Waals surface area contributed by atoms with Crippen LogP contribution in [0.5, 0.6) is 0 Å². The lowest BCUT2D eigenvalue weighted by atomic mass is 10.1. The first-order valence-corrected chi connectivity index (χ1v) is 6.71. The van der Waals surface area contributed by atoms with Crippen LogP contribution in [-0.4, -0.2) is 25.2 Å². The highest BCUT2D eigenvalue weighted by atomic mass is 16.1. The summed E-state index contributed by atoms with van der Waals surface area (Å²) in [6.45, 7) is 0.540. The van der Waals surface area contributed by atoms with Crippen LogP contribution >= 0.6 is 0 Å². The third-order valence-corrected chi connectivity index (χ3v) is 3.69. The Hall–Kier alpha value is -3.22. The van der Waals surface area contributed by atoms with E-state index in [9.17, 15) is 9.59 Å². The molecule has 1 aliphatic heterocycles. The van der Waals surface area contributed by atoms with E-state index in [-0.39, 0.29) is 5.56 Å². The zero-order chi connectivity index (χ0) is 15.3. The van der Waals surface area contributed by atoms with Crippen molar-refractivity contribution in [2.24, 2.45) is 5.73 Å². The number of benzene rings is 1. The molecule has 7 nitrogen and oxygen atoms in total. The maximum Gasteiger partial charge on any atom is 0.284 e. The number of primary amides is 1. The van der Waals surface area contributed by atoms with E-state index in [0.29, 0.717) is 34.5 Å². The van der Waals surface area contributed by atoms with Gasteiger partial charge in [-0.1, -0.05) is 18.2 Å². The Bertz CT molecular complexity index is 1010. The molecule has 2 aromatic heterocycles. The van der Waals surface area contributed by atoms with E-state index in [0.717, 1.165) is 0 Å². The number of nitrogens with two attached hydrogens (primary N) is 1. The molecule has 0 saturated carbocycles. The van der Waals surface area contributed by atoms with Crippen LogP contribution in [0.2, 0.25) is 0 Å². The molecule has 0 fully saturated rings. The summed E-state index contributed by atoms with van der Waals surface area (Å²) in [6.07, 6.45) is 5.20. The molecule has 22 heavy (non-hydrogen) atoms. The van der Waals surface area contributed by atoms with Crippen molar-refractivity contribution in [1.29, 1.82) is 0 Å². The second kappa shape index (κ2) is 4.39. The minimum absolute atomic E-state index is 0.332. The van der Waals surface area contributed by atoms with Gasteiger partial charge in [0.2, 0.25) is 5.91 Å². The van der Waals surface area contributed by atoms with Crippen LogP contribution in [0.25, 0.3) is 28.6 Å². The molecule has 3 heterocycles. The number of amides is 1. The second-order valence-electron chi connectivity index (χ2n) is 4.97. The number of carbonyl (C=O) groups is 1. The Morgan fingerprint density at radius 2 is 2.09 bits per heavy atom. The number of nitrogens with zero attached hydrogens (tertiary/aromatic N) is 4. The molecule has 0 saturated heterocycles. The number of allylic oxidation sites excluding steroid dienone is 1. The Balaban J connectivity index is 2.12. The number of hydrogen-bond acceptors (Lipinski definition) is 4. The highest BCUT2D eigenvalue weighted by Crippen LogP contribution is 2.25. The van der Waals surface area contributed by atoms with Gasteiger partial charge in [-0.3, -0.25) is 9.59 Å². The molecule has 108 valence electrons. The lowest BCUT2D eigenvalue weighted by Crippen LogP contribution is -2.20. The van der Waals surface area contributed by atoms with Crippen LogP contribution in [0, 0.1) is 0 Å². The molecule has 0 spiro atoms. The zero-order valence-corrected chi connectivity index (χ0v) is 11.4. The largest absolute Gasteiger partial charge is 0.366 e. The molecule has 0 unspecified atom stereocenters. The van der Waals surface area contributed by atoms with Crippen LogP contribution in [0.15, 0.2) is 41.3 Å². The summed E-state index contributed by atoms with van der Waals surface area (Å²) in [5, 5.41) is 4.61. The molecule has 0 aliphatic carbocycles. The van der Waals surface area contributed by atoms with Crippen LogP contribution in [-0.2, 0) is 6.54 Å². The third kappa shape index (κ3) is 1.62. The Kier molecular flexibility index (Phi) is 2.50. The highest BCUT2D eigenvalue weighted by Gasteiger charge is 2.20. The molecule has 0 atom stereocenters. The first-order chi connectivity index (χ1) is 10.7. The van der Waals surface area contributed by atoms with Crippen LogP contribution in [0.3, 0.4) is 0 Å². The average Bonchev–Trinajstić information content (AvgIpc) is 2.96. The fourth-order valence-corrected chi connectivity index (χ4v) is 2.73. The van der Waals surface area contributed by atoms with Crippen molar-refractivity contribution in [1.82, 2.24) is 19.3 Å². The lowest BCUT2D eigenvalue weighted by molar-refractivity contribution is 0.100. The van der Waals surface area contributed by atoms with Crippen LogP contribution in [0.1, 0.15) is 10.4 Å². The average molecular weight is 293 g/mol. The normalized spacial score (nSPS) is 12.7. The summed E-state index contributed by atoms with van der Waals surface area (Å²) in [7, 11) is 0. The molecule has 1 aliphatic rings. The van der Waals surface area contributed by atoms with Crippen molar-refractivity contribution in [3.05, 3.63) is 52.5 Å². The molecule has 2 N–H and O–H groups in total. The van der Waals surface area contributed by atoms with E-state index < -0.39 is 5.91 Å². The van der Waals surface area contributed by atoms with Gasteiger partial charge in [-0.2, -0.15) is 10.1 Å². The molecule has 4 rings (SSSR count). The summed E-state index contributed by atoms with van der Waals surface area (Å²) < 4.78 is 3.48. The molecular formula is C15H11N5O2. The summed E-state index contributed by atoms with van der Waals surface area (Å²) in [6, 6.07) is 6.86. The van der Waals surface area contributed by atoms with Gasteiger partial charge in [0.25, 0.3) is 5.56 Å². The van der Waals surface area contributed by atoms with Gasteiger partial charge in [0, 0.05) is 18.3 Å². The monoisotopic (exact) mass is 293 g/mol. The van der Waals surface area contributed by atoms with E-state index in [1.54, 1.807) is 35.1 Å². The van der Waals surface area contributed by atoms with Crippen molar-refractivity contribution < 1.29 is 4.79 Å². The van der Waals surface area contributed by atoms with Gasteiger partial charge in [0.15, 0.2) is 5.65 Å². The first kappa shape index (κ1) is 12.5. The van der Waals surface area contributed by atoms with Gasteiger partial charge in [0.05, 0.1) is 11.8 Å². The number of aromatic nitrogens is 4. The lowest BCUT2D eigenvalue weighted by Gasteiger charge is -2.17. The van der Waals surface area contributed by atoms with E-state index in [2.05, 4.69) is 10.1 Å². The topological polar surface area (TPSA) is 95.8 Å². The zero-order valence-electron chi connectivity index (χ0n) is 11.4. The SMILES string of the molecule is NC(=O)c1ccccc1-c1nc(=O)c2cnn3c2n1CC=C3. The van der Waals surface area contributed by atoms with Crippen molar-refractivity contribution in [2.75, 3.05) is 0 Å². The van der Waals surface area contributed by atoms with Gasteiger partial charge in [-0.05, 0) is 12.1 Å². The Labute approximate surface area is 124 Å². The molecule has 3 aromatic rings. The number of carbonyl (C=O) groups excluding carboxylic acids is 1. The van der Waals surface area contributed by atoms with Gasteiger partial charge >= 0.3 is 0 Å². The summed E-state index contributed by atoms with van der Waals surface area (Å²) in [4.78, 5) is 28.0. The summed E-state index contributed by atoms with van der Waals surface area (Å²) >= 11 is 0. The molecule has 1 amide bonds. The molecule has 0 radical (unpaired) electrons. The van der Waals surface area contributed by atoms with Gasteiger partial charge in [-0.25, -0.2) is 4.68 Å². The number of hydrogen-bond donors (Lipinski definition) is 1. The van der Waals surface area contributed by atoms with Gasteiger partial charge in [0.1, 0.15) is 11.2 Å². The van der Waals surface area contributed by atoms with Gasteiger partial charge in [-0.15, -0.1) is 0 Å². The van der Waals surface area contributed by atoms with Gasteiger partial charge < -0.3 is 10.3 Å². The Morgan fingerprint density at radius 3 is 2.91 bits per heavy atom. The first-order valence-electron chi connectivity index (χ1n) is 6.71. The van der Waals surface area contributed by atoms with Crippen molar-refractivity contribution >= 4 is 23.1 Å². The summed E-state index contributed by atoms with van der Waals surface area (Å²) in [5.74, 6) is -0.143. The fraction of sp³-hybridized carbons (Fsp3) is 0.0667. The van der Waals surface area contributed by atoms with Crippen LogP contribution in [0.4, 0.5) is 0 Å².